The highest BCUT2D eigenvalue weighted by molar-refractivity contribution is 6.26. The molecule has 0 unspecified atom stereocenters. The van der Waals surface area contributed by atoms with Crippen molar-refractivity contribution in [2.75, 3.05) is 4.90 Å². The summed E-state index contributed by atoms with van der Waals surface area (Å²) in [6, 6.07) is 92.5. The molecule has 0 aliphatic carbocycles. The molecule has 0 radical (unpaired) electrons. The minimum absolute atomic E-state index is 0.902. The number of furan rings is 1. The first-order valence-corrected chi connectivity index (χ1v) is 23.7. The maximum Gasteiger partial charge on any atom is 0.136 e. The van der Waals surface area contributed by atoms with E-state index in [9.17, 15) is 0 Å². The zero-order valence-corrected chi connectivity index (χ0v) is 37.6. The van der Waals surface area contributed by atoms with E-state index in [1.807, 2.05) is 12.1 Å². The fourth-order valence-electron chi connectivity index (χ4n) is 11.1. The molecule has 0 atom stereocenters. The molecule has 0 N–H and O–H groups in total. The molecule has 0 amide bonds. The molecule has 322 valence electrons. The number of hydrogen-bond donors (Lipinski definition) is 0. The van der Waals surface area contributed by atoms with Gasteiger partial charge in [0, 0.05) is 44.2 Å². The Balaban J connectivity index is 0.897. The standard InChI is InChI=1S/C66H42N2O/c1-2-20-54-52(18-1)53-19-3-4-21-55(53)60-42-49(39-40-56(54)60)67(47-35-31-43(32-36-47)45-15-13-16-46(41-45)51-25-14-30-65-66(51)59-24-8-12-29-64(59)69-65)48-37-33-44(34-38-48)50-17-5-9-26-61(50)68-62-27-10-6-22-57(62)58-23-7-11-28-63(58)68/h1-42H. The fourth-order valence-corrected chi connectivity index (χ4v) is 11.1. The Morgan fingerprint density at radius 2 is 0.754 bits per heavy atom. The summed E-state index contributed by atoms with van der Waals surface area (Å²) in [5.74, 6) is 0. The van der Waals surface area contributed by atoms with Crippen LogP contribution in [-0.2, 0) is 0 Å². The van der Waals surface area contributed by atoms with Crippen LogP contribution in [0.2, 0.25) is 0 Å². The van der Waals surface area contributed by atoms with E-state index in [-0.39, 0.29) is 0 Å². The van der Waals surface area contributed by atoms with Gasteiger partial charge in [-0.15, -0.1) is 0 Å². The lowest BCUT2D eigenvalue weighted by atomic mass is 9.94. The van der Waals surface area contributed by atoms with Crippen LogP contribution < -0.4 is 4.90 Å². The van der Waals surface area contributed by atoms with Crippen LogP contribution in [0, 0.1) is 0 Å². The molecular weight excluding hydrogens is 837 g/mol. The number of aromatic nitrogens is 1. The van der Waals surface area contributed by atoms with Crippen LogP contribution in [0.25, 0.3) is 115 Å². The van der Waals surface area contributed by atoms with Crippen LogP contribution in [0.3, 0.4) is 0 Å². The van der Waals surface area contributed by atoms with E-state index >= 15 is 0 Å². The molecule has 2 aromatic heterocycles. The summed E-state index contributed by atoms with van der Waals surface area (Å²) in [6.07, 6.45) is 0. The van der Waals surface area contributed by atoms with Crippen molar-refractivity contribution in [3.63, 3.8) is 0 Å². The molecule has 0 fully saturated rings. The first-order chi connectivity index (χ1) is 34.2. The molecule has 0 saturated carbocycles. The summed E-state index contributed by atoms with van der Waals surface area (Å²) >= 11 is 0. The number of hydrogen-bond acceptors (Lipinski definition) is 2. The molecular formula is C66H42N2O. The number of benzene rings is 12. The molecule has 0 saturated heterocycles. The molecule has 14 rings (SSSR count). The normalized spacial score (nSPS) is 11.8. The molecule has 0 spiro atoms. The second kappa shape index (κ2) is 15.7. The van der Waals surface area contributed by atoms with Gasteiger partial charge in [-0.2, -0.15) is 0 Å². The number of para-hydroxylation sites is 4. The Kier molecular flexibility index (Phi) is 8.90. The van der Waals surface area contributed by atoms with Gasteiger partial charge in [-0.05, 0) is 133 Å². The molecule has 12 aromatic carbocycles. The lowest BCUT2D eigenvalue weighted by molar-refractivity contribution is 0.669. The quantitative estimate of drug-likeness (QED) is 0.149. The lowest BCUT2D eigenvalue weighted by Gasteiger charge is -2.27. The summed E-state index contributed by atoms with van der Waals surface area (Å²) in [5, 5.41) is 12.3. The first-order valence-electron chi connectivity index (χ1n) is 23.7. The minimum Gasteiger partial charge on any atom is -0.456 e. The molecule has 2 heterocycles. The first kappa shape index (κ1) is 39.0. The summed E-state index contributed by atoms with van der Waals surface area (Å²) < 4.78 is 8.69. The Bertz CT molecular complexity index is 4220. The molecule has 0 aliphatic heterocycles. The SMILES string of the molecule is c1cc(-c2ccc(N(c3ccc(-c4ccccc4-n4c5ccccc5c5ccccc54)cc3)c3ccc4c5ccccc5c5ccccc5c4c3)cc2)cc(-c2cccc3oc4ccccc4c23)c1. The van der Waals surface area contributed by atoms with Gasteiger partial charge in [-0.3, -0.25) is 0 Å². The van der Waals surface area contributed by atoms with Gasteiger partial charge in [0.2, 0.25) is 0 Å². The van der Waals surface area contributed by atoms with Gasteiger partial charge in [0.05, 0.1) is 16.7 Å². The highest BCUT2D eigenvalue weighted by Crippen LogP contribution is 2.44. The van der Waals surface area contributed by atoms with Gasteiger partial charge >= 0.3 is 0 Å². The van der Waals surface area contributed by atoms with E-state index in [2.05, 4.69) is 252 Å². The number of rotatable bonds is 7. The minimum atomic E-state index is 0.902. The Labute approximate surface area is 399 Å². The largest absolute Gasteiger partial charge is 0.456 e. The monoisotopic (exact) mass is 878 g/mol. The second-order valence-corrected chi connectivity index (χ2v) is 18.0. The molecule has 3 heteroatoms. The van der Waals surface area contributed by atoms with Gasteiger partial charge < -0.3 is 13.9 Å². The average Bonchev–Trinajstić information content (AvgIpc) is 3.98. The van der Waals surface area contributed by atoms with Crippen LogP contribution in [0.5, 0.6) is 0 Å². The van der Waals surface area contributed by atoms with E-state index in [0.29, 0.717) is 0 Å². The Morgan fingerprint density at radius 1 is 0.275 bits per heavy atom. The zero-order valence-electron chi connectivity index (χ0n) is 37.6. The Morgan fingerprint density at radius 3 is 1.43 bits per heavy atom. The molecule has 0 aliphatic rings. The number of anilines is 3. The fraction of sp³-hybridized carbons (Fsp3) is 0. The smallest absolute Gasteiger partial charge is 0.136 e. The zero-order chi connectivity index (χ0) is 45.4. The highest BCUT2D eigenvalue weighted by Gasteiger charge is 2.19. The summed E-state index contributed by atoms with van der Waals surface area (Å²) in [6.45, 7) is 0. The number of nitrogens with zero attached hydrogens (tertiary/aromatic N) is 2. The lowest BCUT2D eigenvalue weighted by Crippen LogP contribution is -2.10. The average molecular weight is 879 g/mol. The van der Waals surface area contributed by atoms with Gasteiger partial charge in [-0.25, -0.2) is 0 Å². The van der Waals surface area contributed by atoms with E-state index in [1.54, 1.807) is 0 Å². The van der Waals surface area contributed by atoms with Crippen molar-refractivity contribution < 1.29 is 4.42 Å². The topological polar surface area (TPSA) is 21.3 Å². The summed E-state index contributed by atoms with van der Waals surface area (Å²) in [4.78, 5) is 2.40. The molecule has 3 nitrogen and oxygen atoms in total. The van der Waals surface area contributed by atoms with Crippen molar-refractivity contribution >= 4 is 93.1 Å². The molecule has 14 aromatic rings. The van der Waals surface area contributed by atoms with Crippen LogP contribution in [0.4, 0.5) is 17.1 Å². The van der Waals surface area contributed by atoms with E-state index < -0.39 is 0 Å². The van der Waals surface area contributed by atoms with Crippen molar-refractivity contribution in [3.05, 3.63) is 255 Å². The maximum atomic E-state index is 6.27. The number of fused-ring (bicyclic) bond motifs is 12. The van der Waals surface area contributed by atoms with E-state index in [0.717, 1.165) is 66.9 Å². The molecule has 0 bridgehead atoms. The third-order valence-corrected chi connectivity index (χ3v) is 14.2. The predicted octanol–water partition coefficient (Wildman–Crippen LogP) is 18.6. The van der Waals surface area contributed by atoms with Crippen LogP contribution >= 0.6 is 0 Å². The van der Waals surface area contributed by atoms with Crippen molar-refractivity contribution in [1.29, 1.82) is 0 Å². The second-order valence-electron chi connectivity index (χ2n) is 18.0. The van der Waals surface area contributed by atoms with E-state index in [4.69, 9.17) is 4.42 Å². The van der Waals surface area contributed by atoms with Crippen LogP contribution in [0.15, 0.2) is 259 Å². The maximum absolute atomic E-state index is 6.27. The predicted molar refractivity (Wildman–Crippen MR) is 292 cm³/mol. The molecule has 69 heavy (non-hydrogen) atoms. The van der Waals surface area contributed by atoms with Crippen molar-refractivity contribution in [1.82, 2.24) is 4.57 Å². The third kappa shape index (κ3) is 6.29. The van der Waals surface area contributed by atoms with Crippen molar-refractivity contribution in [2.24, 2.45) is 0 Å². The third-order valence-electron chi connectivity index (χ3n) is 14.2. The highest BCUT2D eigenvalue weighted by atomic mass is 16.3. The van der Waals surface area contributed by atoms with Gasteiger partial charge in [0.15, 0.2) is 0 Å². The van der Waals surface area contributed by atoms with Gasteiger partial charge in [-0.1, -0.05) is 182 Å². The van der Waals surface area contributed by atoms with Crippen molar-refractivity contribution in [3.8, 4) is 39.1 Å². The van der Waals surface area contributed by atoms with Crippen LogP contribution in [-0.4, -0.2) is 4.57 Å². The summed E-state index contributed by atoms with van der Waals surface area (Å²) in [7, 11) is 0. The van der Waals surface area contributed by atoms with Crippen LogP contribution in [0.1, 0.15) is 0 Å². The van der Waals surface area contributed by atoms with Crippen molar-refractivity contribution in [2.45, 2.75) is 0 Å². The Hall–Kier alpha value is -9.18. The van der Waals surface area contributed by atoms with E-state index in [1.165, 1.54) is 65.3 Å². The van der Waals surface area contributed by atoms with Gasteiger partial charge in [0.25, 0.3) is 0 Å². The summed E-state index contributed by atoms with van der Waals surface area (Å²) in [5.41, 5.74) is 15.6. The van der Waals surface area contributed by atoms with Gasteiger partial charge in [0.1, 0.15) is 11.2 Å².